The van der Waals surface area contributed by atoms with Gasteiger partial charge >= 0.3 is 6.03 Å². The predicted octanol–water partition coefficient (Wildman–Crippen LogP) is 3.49. The van der Waals surface area contributed by atoms with Crippen molar-refractivity contribution >= 4 is 23.5 Å². The number of rotatable bonds is 6. The maximum Gasteiger partial charge on any atom is 0.319 e. The minimum Gasteiger partial charge on any atom is -0.497 e. The van der Waals surface area contributed by atoms with E-state index in [0.717, 1.165) is 22.4 Å². The van der Waals surface area contributed by atoms with Crippen LogP contribution in [0.5, 0.6) is 5.75 Å². The molecule has 4 nitrogen and oxygen atoms in total. The molecule has 0 saturated heterocycles. The van der Waals surface area contributed by atoms with Gasteiger partial charge in [-0.1, -0.05) is 18.9 Å². The highest BCUT2D eigenvalue weighted by Gasteiger charge is 2.14. The van der Waals surface area contributed by atoms with E-state index in [1.54, 1.807) is 13.2 Å². The fourth-order valence-electron chi connectivity index (χ4n) is 2.32. The molecule has 0 atom stereocenters. The van der Waals surface area contributed by atoms with Crippen LogP contribution in [-0.4, -0.2) is 30.7 Å². The molecule has 0 unspecified atom stereocenters. The first-order valence-corrected chi connectivity index (χ1v) is 8.13. The van der Waals surface area contributed by atoms with Crippen molar-refractivity contribution in [2.24, 2.45) is 0 Å². The van der Waals surface area contributed by atoms with E-state index in [1.807, 2.05) is 30.0 Å². The topological polar surface area (TPSA) is 50.4 Å². The Morgan fingerprint density at radius 3 is 2.95 bits per heavy atom. The van der Waals surface area contributed by atoms with E-state index in [4.69, 9.17) is 4.74 Å². The van der Waals surface area contributed by atoms with E-state index in [1.165, 1.54) is 25.7 Å². The number of carbonyl (C=O) groups is 1. The summed E-state index contributed by atoms with van der Waals surface area (Å²) in [4.78, 5) is 11.7. The molecular formula is C15H22N2O2S. The van der Waals surface area contributed by atoms with Crippen molar-refractivity contribution in [1.29, 1.82) is 0 Å². The number of carbonyl (C=O) groups excluding carboxylic acids is 1. The third-order valence-electron chi connectivity index (χ3n) is 3.37. The molecule has 2 amide bonds. The zero-order chi connectivity index (χ0) is 14.2. The summed E-state index contributed by atoms with van der Waals surface area (Å²) in [5.41, 5.74) is 0.741. The first-order valence-electron chi connectivity index (χ1n) is 7.08. The van der Waals surface area contributed by atoms with Crippen LogP contribution in [0.1, 0.15) is 25.7 Å². The lowest BCUT2D eigenvalue weighted by Crippen LogP contribution is -2.30. The highest BCUT2D eigenvalue weighted by molar-refractivity contribution is 7.99. The summed E-state index contributed by atoms with van der Waals surface area (Å²) < 4.78 is 5.12. The number of hydrogen-bond donors (Lipinski definition) is 2. The van der Waals surface area contributed by atoms with E-state index in [9.17, 15) is 4.79 Å². The lowest BCUT2D eigenvalue weighted by atomic mass is 10.3. The number of amides is 2. The van der Waals surface area contributed by atoms with Gasteiger partial charge in [-0.2, -0.15) is 11.8 Å². The molecule has 110 valence electrons. The monoisotopic (exact) mass is 294 g/mol. The van der Waals surface area contributed by atoms with Crippen LogP contribution < -0.4 is 15.4 Å². The Balaban J connectivity index is 1.64. The van der Waals surface area contributed by atoms with Crippen LogP contribution in [0, 0.1) is 0 Å². The van der Waals surface area contributed by atoms with Crippen molar-refractivity contribution in [3.8, 4) is 5.75 Å². The molecule has 0 bridgehead atoms. The Labute approximate surface area is 124 Å². The van der Waals surface area contributed by atoms with Gasteiger partial charge in [0, 0.05) is 29.3 Å². The standard InChI is InChI=1S/C15H22N2O2S/c1-19-13-6-4-5-12(11-13)17-15(18)16-9-10-20-14-7-2-3-8-14/h4-6,11,14H,2-3,7-10H2,1H3,(H2,16,17,18). The Kier molecular flexibility index (Phi) is 6.05. The van der Waals surface area contributed by atoms with E-state index < -0.39 is 0 Å². The third-order valence-corrected chi connectivity index (χ3v) is 4.75. The van der Waals surface area contributed by atoms with Crippen molar-refractivity contribution in [2.75, 3.05) is 24.7 Å². The maximum atomic E-state index is 11.7. The Morgan fingerprint density at radius 1 is 1.40 bits per heavy atom. The van der Waals surface area contributed by atoms with E-state index in [2.05, 4.69) is 10.6 Å². The number of hydrogen-bond acceptors (Lipinski definition) is 3. The lowest BCUT2D eigenvalue weighted by Gasteiger charge is -2.10. The van der Waals surface area contributed by atoms with Gasteiger partial charge in [-0.25, -0.2) is 4.79 Å². The van der Waals surface area contributed by atoms with Crippen molar-refractivity contribution in [2.45, 2.75) is 30.9 Å². The van der Waals surface area contributed by atoms with Crippen LogP contribution in [0.25, 0.3) is 0 Å². The number of urea groups is 1. The second-order valence-electron chi connectivity index (χ2n) is 4.89. The molecule has 5 heteroatoms. The highest BCUT2D eigenvalue weighted by atomic mass is 32.2. The molecule has 2 rings (SSSR count). The average Bonchev–Trinajstić information content (AvgIpc) is 2.97. The zero-order valence-corrected chi connectivity index (χ0v) is 12.7. The molecule has 1 aliphatic rings. The van der Waals surface area contributed by atoms with Gasteiger partial charge in [-0.05, 0) is 25.0 Å². The normalized spacial score (nSPS) is 15.1. The van der Waals surface area contributed by atoms with E-state index in [0.29, 0.717) is 6.54 Å². The number of thioether (sulfide) groups is 1. The molecule has 0 aliphatic heterocycles. The minimum atomic E-state index is -0.162. The van der Waals surface area contributed by atoms with Crippen molar-refractivity contribution in [3.63, 3.8) is 0 Å². The molecule has 0 aromatic heterocycles. The SMILES string of the molecule is COc1cccc(NC(=O)NCCSC2CCCC2)c1. The van der Waals surface area contributed by atoms with Crippen LogP contribution in [-0.2, 0) is 0 Å². The number of methoxy groups -OCH3 is 1. The first kappa shape index (κ1) is 15.0. The molecule has 0 radical (unpaired) electrons. The fourth-order valence-corrected chi connectivity index (χ4v) is 3.54. The zero-order valence-electron chi connectivity index (χ0n) is 11.9. The summed E-state index contributed by atoms with van der Waals surface area (Å²) in [6.45, 7) is 0.705. The van der Waals surface area contributed by atoms with Crippen LogP contribution in [0.15, 0.2) is 24.3 Å². The summed E-state index contributed by atoms with van der Waals surface area (Å²) in [6, 6.07) is 7.18. The quantitative estimate of drug-likeness (QED) is 0.790. The molecule has 1 aromatic rings. The number of anilines is 1. The second kappa shape index (κ2) is 8.04. The van der Waals surface area contributed by atoms with Gasteiger partial charge in [-0.15, -0.1) is 0 Å². The molecule has 1 fully saturated rings. The summed E-state index contributed by atoms with van der Waals surface area (Å²) in [5.74, 6) is 1.72. The van der Waals surface area contributed by atoms with Gasteiger partial charge in [-0.3, -0.25) is 0 Å². The van der Waals surface area contributed by atoms with Gasteiger partial charge in [0.2, 0.25) is 0 Å². The van der Waals surface area contributed by atoms with E-state index in [-0.39, 0.29) is 6.03 Å². The van der Waals surface area contributed by atoms with Crippen molar-refractivity contribution in [3.05, 3.63) is 24.3 Å². The number of nitrogens with one attached hydrogen (secondary N) is 2. The van der Waals surface area contributed by atoms with Gasteiger partial charge in [0.05, 0.1) is 7.11 Å². The first-order chi connectivity index (χ1) is 9.78. The highest BCUT2D eigenvalue weighted by Crippen LogP contribution is 2.28. The Hall–Kier alpha value is -1.36. The summed E-state index contributed by atoms with van der Waals surface area (Å²) >= 11 is 1.98. The average molecular weight is 294 g/mol. The molecule has 0 heterocycles. The molecule has 2 N–H and O–H groups in total. The molecule has 1 saturated carbocycles. The Bertz CT molecular complexity index is 434. The molecular weight excluding hydrogens is 272 g/mol. The molecule has 1 aromatic carbocycles. The van der Waals surface area contributed by atoms with Crippen molar-refractivity contribution < 1.29 is 9.53 Å². The number of ether oxygens (including phenoxy) is 1. The smallest absolute Gasteiger partial charge is 0.319 e. The van der Waals surface area contributed by atoms with Crippen LogP contribution in [0.4, 0.5) is 10.5 Å². The Morgan fingerprint density at radius 2 is 2.20 bits per heavy atom. The van der Waals surface area contributed by atoms with Gasteiger partial charge < -0.3 is 15.4 Å². The lowest BCUT2D eigenvalue weighted by molar-refractivity contribution is 0.252. The molecule has 20 heavy (non-hydrogen) atoms. The minimum absolute atomic E-state index is 0.162. The van der Waals surface area contributed by atoms with Crippen LogP contribution in [0.3, 0.4) is 0 Å². The summed E-state index contributed by atoms with van der Waals surface area (Å²) in [7, 11) is 1.61. The summed E-state index contributed by atoms with van der Waals surface area (Å²) in [5, 5.41) is 6.49. The van der Waals surface area contributed by atoms with Crippen molar-refractivity contribution in [1.82, 2.24) is 5.32 Å². The maximum absolute atomic E-state index is 11.7. The van der Waals surface area contributed by atoms with E-state index >= 15 is 0 Å². The predicted molar refractivity (Wildman–Crippen MR) is 84.7 cm³/mol. The van der Waals surface area contributed by atoms with Gasteiger partial charge in [0.25, 0.3) is 0 Å². The molecule has 0 spiro atoms. The third kappa shape index (κ3) is 4.96. The van der Waals surface area contributed by atoms with Crippen LogP contribution >= 0.6 is 11.8 Å². The van der Waals surface area contributed by atoms with Gasteiger partial charge in [0.1, 0.15) is 5.75 Å². The summed E-state index contributed by atoms with van der Waals surface area (Å²) in [6.07, 6.45) is 5.39. The number of benzene rings is 1. The second-order valence-corrected chi connectivity index (χ2v) is 6.30. The molecule has 1 aliphatic carbocycles. The van der Waals surface area contributed by atoms with Crippen LogP contribution in [0.2, 0.25) is 0 Å². The fraction of sp³-hybridized carbons (Fsp3) is 0.533. The largest absolute Gasteiger partial charge is 0.497 e. The van der Waals surface area contributed by atoms with Gasteiger partial charge in [0.15, 0.2) is 0 Å².